The number of nitrogens with one attached hydrogen (secondary N) is 1. The molecular weight excluding hydrogens is 384 g/mol. The molecular formula is C24H31ClN2O2. The first-order valence-corrected chi connectivity index (χ1v) is 11.7. The largest absolute Gasteiger partial charge is 0.356 e. The number of amides is 2. The van der Waals surface area contributed by atoms with Crippen LogP contribution in [0.5, 0.6) is 0 Å². The first kappa shape index (κ1) is 19.4. The molecule has 1 aromatic carbocycles. The van der Waals surface area contributed by atoms with E-state index in [4.69, 9.17) is 11.6 Å². The van der Waals surface area contributed by atoms with E-state index in [-0.39, 0.29) is 17.7 Å². The van der Waals surface area contributed by atoms with E-state index in [9.17, 15) is 9.59 Å². The molecule has 1 saturated heterocycles. The summed E-state index contributed by atoms with van der Waals surface area (Å²) in [6.45, 7) is 1.92. The van der Waals surface area contributed by atoms with Gasteiger partial charge in [-0.2, -0.15) is 0 Å². The molecule has 4 nitrogen and oxygen atoms in total. The number of nitrogens with zero attached hydrogens (tertiary/aromatic N) is 1. The van der Waals surface area contributed by atoms with E-state index in [2.05, 4.69) is 5.32 Å². The van der Waals surface area contributed by atoms with Crippen LogP contribution in [-0.4, -0.2) is 29.8 Å². The van der Waals surface area contributed by atoms with Crippen LogP contribution in [-0.2, 0) is 16.1 Å². The lowest BCUT2D eigenvalue weighted by Crippen LogP contribution is -2.51. The van der Waals surface area contributed by atoms with Gasteiger partial charge in [-0.3, -0.25) is 9.59 Å². The molecule has 0 aromatic heterocycles. The second-order valence-electron chi connectivity index (χ2n) is 9.98. The minimum Gasteiger partial charge on any atom is -0.356 e. The zero-order valence-electron chi connectivity index (χ0n) is 17.0. The second kappa shape index (κ2) is 7.94. The summed E-state index contributed by atoms with van der Waals surface area (Å²) in [5.41, 5.74) is 1.05. The molecule has 1 N–H and O–H groups in total. The highest BCUT2D eigenvalue weighted by molar-refractivity contribution is 6.30. The third-order valence-corrected chi connectivity index (χ3v) is 8.34. The van der Waals surface area contributed by atoms with Gasteiger partial charge in [0, 0.05) is 31.1 Å². The smallest absolute Gasteiger partial charge is 0.224 e. The van der Waals surface area contributed by atoms with Gasteiger partial charge in [0.1, 0.15) is 0 Å². The fourth-order valence-corrected chi connectivity index (χ4v) is 6.95. The Labute approximate surface area is 178 Å². The predicted molar refractivity (Wildman–Crippen MR) is 113 cm³/mol. The molecule has 1 aromatic rings. The van der Waals surface area contributed by atoms with Crippen molar-refractivity contribution in [3.8, 4) is 0 Å². The average molecular weight is 415 g/mol. The third kappa shape index (κ3) is 4.05. The van der Waals surface area contributed by atoms with E-state index in [0.29, 0.717) is 36.9 Å². The highest BCUT2D eigenvalue weighted by Crippen LogP contribution is 2.56. The van der Waals surface area contributed by atoms with Crippen LogP contribution in [0.1, 0.15) is 50.5 Å². The van der Waals surface area contributed by atoms with Gasteiger partial charge in [0.05, 0.1) is 5.92 Å². The van der Waals surface area contributed by atoms with Gasteiger partial charge in [0.15, 0.2) is 0 Å². The number of hydrogen-bond donors (Lipinski definition) is 1. The SMILES string of the molecule is O=C(NCC1C2CC3CC(C2)CC1C3)[C@H]1CCC(=O)N(Cc2ccc(Cl)cc2)C1. The molecule has 5 fully saturated rings. The van der Waals surface area contributed by atoms with Crippen molar-refractivity contribution in [2.45, 2.75) is 51.5 Å². The van der Waals surface area contributed by atoms with Crippen molar-refractivity contribution in [3.63, 3.8) is 0 Å². The monoisotopic (exact) mass is 414 g/mol. The van der Waals surface area contributed by atoms with Crippen LogP contribution >= 0.6 is 11.6 Å². The topological polar surface area (TPSA) is 49.4 Å². The van der Waals surface area contributed by atoms with Crippen molar-refractivity contribution < 1.29 is 9.59 Å². The quantitative estimate of drug-likeness (QED) is 0.782. The predicted octanol–water partition coefficient (Wildman–Crippen LogP) is 4.27. The fourth-order valence-electron chi connectivity index (χ4n) is 6.83. The number of carbonyl (C=O) groups excluding carboxylic acids is 2. The van der Waals surface area contributed by atoms with E-state index in [1.54, 1.807) is 0 Å². The van der Waals surface area contributed by atoms with Crippen LogP contribution in [0.15, 0.2) is 24.3 Å². The summed E-state index contributed by atoms with van der Waals surface area (Å²) in [4.78, 5) is 27.1. The van der Waals surface area contributed by atoms with E-state index >= 15 is 0 Å². The molecule has 4 aliphatic carbocycles. The minimum atomic E-state index is -0.0863. The Bertz CT molecular complexity index is 750. The zero-order chi connectivity index (χ0) is 20.0. The third-order valence-electron chi connectivity index (χ3n) is 8.09. The van der Waals surface area contributed by atoms with Crippen LogP contribution < -0.4 is 5.32 Å². The van der Waals surface area contributed by atoms with Gasteiger partial charge in [0.2, 0.25) is 11.8 Å². The molecule has 5 aliphatic rings. The minimum absolute atomic E-state index is 0.0863. The van der Waals surface area contributed by atoms with Crippen molar-refractivity contribution in [1.82, 2.24) is 10.2 Å². The lowest BCUT2D eigenvalue weighted by atomic mass is 9.52. The van der Waals surface area contributed by atoms with Gasteiger partial charge < -0.3 is 10.2 Å². The Morgan fingerprint density at radius 1 is 1.03 bits per heavy atom. The van der Waals surface area contributed by atoms with Crippen molar-refractivity contribution in [2.24, 2.45) is 35.5 Å². The molecule has 6 rings (SSSR count). The van der Waals surface area contributed by atoms with E-state index in [1.807, 2.05) is 29.2 Å². The number of likely N-dealkylation sites (tertiary alicyclic amines) is 1. The molecule has 29 heavy (non-hydrogen) atoms. The molecule has 4 bridgehead atoms. The van der Waals surface area contributed by atoms with Gasteiger partial charge in [0.25, 0.3) is 0 Å². The van der Waals surface area contributed by atoms with Crippen LogP contribution in [0.4, 0.5) is 0 Å². The van der Waals surface area contributed by atoms with Gasteiger partial charge in [-0.15, -0.1) is 0 Å². The van der Waals surface area contributed by atoms with Crippen molar-refractivity contribution in [3.05, 3.63) is 34.9 Å². The first-order valence-electron chi connectivity index (χ1n) is 11.3. The average Bonchev–Trinajstić information content (AvgIpc) is 2.70. The van der Waals surface area contributed by atoms with Gasteiger partial charge in [-0.1, -0.05) is 23.7 Å². The Morgan fingerprint density at radius 3 is 2.34 bits per heavy atom. The highest BCUT2D eigenvalue weighted by Gasteiger charge is 2.48. The van der Waals surface area contributed by atoms with Gasteiger partial charge >= 0.3 is 0 Å². The van der Waals surface area contributed by atoms with Gasteiger partial charge in [-0.05, 0) is 85.8 Å². The lowest BCUT2D eigenvalue weighted by molar-refractivity contribution is -0.139. The number of piperidine rings is 1. The zero-order valence-corrected chi connectivity index (χ0v) is 17.7. The standard InChI is InChI=1S/C24H31ClN2O2/c25-21-4-1-15(2-5-21)13-27-14-18(3-6-23(27)28)24(29)26-12-22-19-8-16-7-17(10-19)11-20(22)9-16/h1-2,4-5,16-20,22H,3,6-14H2,(H,26,29)/t16?,17?,18-,19?,20?,22?/m0/s1. The van der Waals surface area contributed by atoms with E-state index in [1.165, 1.54) is 32.1 Å². The summed E-state index contributed by atoms with van der Waals surface area (Å²) >= 11 is 5.96. The molecule has 1 aliphatic heterocycles. The number of rotatable bonds is 5. The second-order valence-corrected chi connectivity index (χ2v) is 10.4. The fraction of sp³-hybridized carbons (Fsp3) is 0.667. The summed E-state index contributed by atoms with van der Waals surface area (Å²) in [5, 5.41) is 3.99. The van der Waals surface area contributed by atoms with Crippen LogP contribution in [0.2, 0.25) is 5.02 Å². The highest BCUT2D eigenvalue weighted by atomic mass is 35.5. The maximum atomic E-state index is 12.9. The summed E-state index contributed by atoms with van der Waals surface area (Å²) < 4.78 is 0. The molecule has 5 heteroatoms. The molecule has 1 atom stereocenters. The molecule has 1 heterocycles. The maximum Gasteiger partial charge on any atom is 0.224 e. The lowest BCUT2D eigenvalue weighted by Gasteiger charge is -2.54. The number of benzene rings is 1. The number of carbonyl (C=O) groups is 2. The summed E-state index contributed by atoms with van der Waals surface area (Å²) in [6.07, 6.45) is 8.15. The van der Waals surface area contributed by atoms with Crippen LogP contribution in [0.3, 0.4) is 0 Å². The Kier molecular flexibility index (Phi) is 5.32. The Morgan fingerprint density at radius 2 is 1.69 bits per heavy atom. The normalized spacial score (nSPS) is 35.8. The molecule has 4 saturated carbocycles. The van der Waals surface area contributed by atoms with Crippen LogP contribution in [0, 0.1) is 35.5 Å². The molecule has 2 amide bonds. The summed E-state index contributed by atoms with van der Waals surface area (Å²) in [6, 6.07) is 7.60. The van der Waals surface area contributed by atoms with E-state index < -0.39 is 0 Å². The molecule has 0 radical (unpaired) electrons. The Hall–Kier alpha value is -1.55. The van der Waals surface area contributed by atoms with Crippen molar-refractivity contribution >= 4 is 23.4 Å². The van der Waals surface area contributed by atoms with Crippen LogP contribution in [0.25, 0.3) is 0 Å². The summed E-state index contributed by atoms with van der Waals surface area (Å²) in [5.74, 6) is 4.49. The van der Waals surface area contributed by atoms with Crippen molar-refractivity contribution in [2.75, 3.05) is 13.1 Å². The van der Waals surface area contributed by atoms with Crippen molar-refractivity contribution in [1.29, 1.82) is 0 Å². The summed E-state index contributed by atoms with van der Waals surface area (Å²) in [7, 11) is 0. The maximum absolute atomic E-state index is 12.9. The number of hydrogen-bond acceptors (Lipinski definition) is 2. The molecule has 0 spiro atoms. The van der Waals surface area contributed by atoms with E-state index in [0.717, 1.165) is 35.8 Å². The molecule has 0 unspecified atom stereocenters. The molecule has 156 valence electrons. The van der Waals surface area contributed by atoms with Gasteiger partial charge in [-0.25, -0.2) is 0 Å². The first-order chi connectivity index (χ1) is 14.0. The number of halogens is 1. The Balaban J connectivity index is 1.16.